The van der Waals surface area contributed by atoms with Crippen molar-refractivity contribution in [2.24, 2.45) is 0 Å². The molecule has 0 atom stereocenters. The number of carbonyl (C=O) groups is 1. The summed E-state index contributed by atoms with van der Waals surface area (Å²) in [6, 6.07) is 0. The normalized spacial score (nSPS) is 14.7. The molecule has 2 aromatic heterocycles. The molecule has 1 amide bonds. The maximum atomic E-state index is 11.9. The summed E-state index contributed by atoms with van der Waals surface area (Å²) in [6.45, 7) is 1.67. The molecule has 3 rings (SSSR count). The van der Waals surface area contributed by atoms with Gasteiger partial charge < -0.3 is 4.42 Å². The van der Waals surface area contributed by atoms with Gasteiger partial charge in [0.25, 0.3) is 5.91 Å². The Balaban J connectivity index is 1.83. The number of carbonyl (C=O) groups excluding carboxylic acids is 1. The zero-order valence-corrected chi connectivity index (χ0v) is 9.64. The number of aryl methyl sites for hydroxylation is 1. The minimum Gasteiger partial charge on any atom is -0.445 e. The molecule has 0 unspecified atom stereocenters. The van der Waals surface area contributed by atoms with Crippen LogP contribution < -0.4 is 11.1 Å². The molecule has 0 spiro atoms. The van der Waals surface area contributed by atoms with E-state index in [1.54, 1.807) is 6.92 Å². The number of amides is 1. The smallest absolute Gasteiger partial charge is 0.362 e. The van der Waals surface area contributed by atoms with Crippen molar-refractivity contribution in [2.75, 3.05) is 5.43 Å². The summed E-state index contributed by atoms with van der Waals surface area (Å²) in [7, 11) is 0. The molecular weight excluding hydrogens is 238 g/mol. The van der Waals surface area contributed by atoms with E-state index in [9.17, 15) is 9.59 Å². The topological polar surface area (TPSA) is 106 Å². The highest BCUT2D eigenvalue weighted by atomic mass is 16.4. The van der Waals surface area contributed by atoms with E-state index in [1.807, 2.05) is 0 Å². The number of aromatic nitrogens is 4. The number of hydrogen-bond donors (Lipinski definition) is 2. The number of rotatable bonds is 3. The maximum absolute atomic E-state index is 11.9. The van der Waals surface area contributed by atoms with Crippen LogP contribution in [0.5, 0.6) is 0 Å². The molecule has 2 N–H and O–H groups in total. The Hall–Kier alpha value is -2.38. The summed E-state index contributed by atoms with van der Waals surface area (Å²) >= 11 is 0. The molecule has 0 radical (unpaired) electrons. The second-order valence-corrected chi connectivity index (χ2v) is 4.20. The highest BCUT2D eigenvalue weighted by Crippen LogP contribution is 2.39. The Bertz CT molecular complexity index is 649. The van der Waals surface area contributed by atoms with E-state index < -0.39 is 11.6 Å². The highest BCUT2D eigenvalue weighted by molar-refractivity contribution is 5.99. The molecule has 0 bridgehead atoms. The Morgan fingerprint density at radius 3 is 3.00 bits per heavy atom. The molecule has 2 heterocycles. The molecule has 0 saturated heterocycles. The minimum atomic E-state index is -0.521. The van der Waals surface area contributed by atoms with Crippen LogP contribution in [0.25, 0.3) is 0 Å². The van der Waals surface area contributed by atoms with E-state index in [2.05, 4.69) is 20.6 Å². The molecule has 1 aliphatic rings. The molecule has 0 aromatic carbocycles. The van der Waals surface area contributed by atoms with Gasteiger partial charge in [-0.2, -0.15) is 9.77 Å². The van der Waals surface area contributed by atoms with E-state index in [4.69, 9.17) is 4.42 Å². The van der Waals surface area contributed by atoms with Gasteiger partial charge in [-0.15, -0.1) is 0 Å². The predicted octanol–water partition coefficient (Wildman–Crippen LogP) is 0.129. The lowest BCUT2D eigenvalue weighted by Crippen LogP contribution is -2.31. The summed E-state index contributed by atoms with van der Waals surface area (Å²) in [5, 5.41) is 5.67. The highest BCUT2D eigenvalue weighted by Gasteiger charge is 2.30. The van der Waals surface area contributed by atoms with E-state index in [0.717, 1.165) is 17.5 Å². The molecule has 0 aliphatic heterocycles. The summed E-state index contributed by atoms with van der Waals surface area (Å²) in [4.78, 5) is 27.2. The fourth-order valence-corrected chi connectivity index (χ4v) is 1.62. The van der Waals surface area contributed by atoms with Gasteiger partial charge in [0.2, 0.25) is 0 Å². The van der Waals surface area contributed by atoms with Crippen LogP contribution in [0.4, 0.5) is 0 Å². The summed E-state index contributed by atoms with van der Waals surface area (Å²) in [5.41, 5.74) is 2.05. The maximum Gasteiger partial charge on any atom is 0.362 e. The van der Waals surface area contributed by atoms with E-state index >= 15 is 0 Å². The van der Waals surface area contributed by atoms with E-state index in [1.165, 1.54) is 6.33 Å². The predicted molar refractivity (Wildman–Crippen MR) is 59.8 cm³/mol. The molecule has 1 aliphatic carbocycles. The molecule has 2 aromatic rings. The molecule has 1 saturated carbocycles. The van der Waals surface area contributed by atoms with E-state index in [0.29, 0.717) is 17.6 Å². The van der Waals surface area contributed by atoms with Crippen LogP contribution in [0.1, 0.15) is 40.9 Å². The molecule has 1 fully saturated rings. The van der Waals surface area contributed by atoms with Crippen molar-refractivity contribution in [1.29, 1.82) is 0 Å². The number of nitrogens with one attached hydrogen (secondary N) is 2. The summed E-state index contributed by atoms with van der Waals surface area (Å²) < 4.78 is 6.38. The van der Waals surface area contributed by atoms with Gasteiger partial charge >= 0.3 is 5.69 Å². The van der Waals surface area contributed by atoms with Crippen LogP contribution in [-0.4, -0.2) is 25.8 Å². The van der Waals surface area contributed by atoms with Crippen molar-refractivity contribution >= 4 is 5.91 Å². The van der Waals surface area contributed by atoms with Crippen molar-refractivity contribution in [3.63, 3.8) is 0 Å². The third kappa shape index (κ3) is 1.81. The van der Waals surface area contributed by atoms with Gasteiger partial charge in [0.05, 0.1) is 0 Å². The van der Waals surface area contributed by atoms with Crippen LogP contribution in [0.2, 0.25) is 0 Å². The number of hydrogen-bond acceptors (Lipinski definition) is 5. The van der Waals surface area contributed by atoms with Gasteiger partial charge in [-0.05, 0) is 19.8 Å². The van der Waals surface area contributed by atoms with Gasteiger partial charge in [0.15, 0.2) is 11.6 Å². The largest absolute Gasteiger partial charge is 0.445 e. The second kappa shape index (κ2) is 3.83. The van der Waals surface area contributed by atoms with E-state index in [-0.39, 0.29) is 5.69 Å². The molecule has 94 valence electrons. The molecule has 8 heteroatoms. The second-order valence-electron chi connectivity index (χ2n) is 4.20. The van der Waals surface area contributed by atoms with Crippen LogP contribution in [-0.2, 0) is 0 Å². The van der Waals surface area contributed by atoms with Crippen LogP contribution in [0.3, 0.4) is 0 Å². The Labute approximate surface area is 101 Å². The average molecular weight is 249 g/mol. The third-order valence-electron chi connectivity index (χ3n) is 2.73. The van der Waals surface area contributed by atoms with Crippen molar-refractivity contribution in [1.82, 2.24) is 19.9 Å². The van der Waals surface area contributed by atoms with Crippen molar-refractivity contribution < 1.29 is 9.21 Å². The lowest BCUT2D eigenvalue weighted by molar-refractivity contribution is 0.100. The fraction of sp³-hybridized carbons (Fsp3) is 0.400. The standard InChI is InChI=1S/C10H11N5O3/c1-5-7(12-9(18-5)6-2-3-6)8(16)14-15-4-11-13-10(15)17/h4,6H,2-3H2,1H3,(H,13,17)(H,14,16). The zero-order valence-electron chi connectivity index (χ0n) is 9.64. The van der Waals surface area contributed by atoms with Crippen LogP contribution in [0, 0.1) is 6.92 Å². The number of aromatic amines is 1. The first-order chi connectivity index (χ1) is 8.65. The number of nitrogens with zero attached hydrogens (tertiary/aromatic N) is 3. The Morgan fingerprint density at radius 1 is 1.61 bits per heavy atom. The third-order valence-corrected chi connectivity index (χ3v) is 2.73. The quantitative estimate of drug-likeness (QED) is 0.804. The lowest BCUT2D eigenvalue weighted by Gasteiger charge is -2.00. The number of H-pyrrole nitrogens is 1. The van der Waals surface area contributed by atoms with Crippen LogP contribution in [0.15, 0.2) is 15.5 Å². The van der Waals surface area contributed by atoms with Gasteiger partial charge in [-0.25, -0.2) is 14.9 Å². The van der Waals surface area contributed by atoms with Crippen LogP contribution >= 0.6 is 0 Å². The zero-order chi connectivity index (χ0) is 12.7. The molecule has 18 heavy (non-hydrogen) atoms. The number of oxazole rings is 1. The van der Waals surface area contributed by atoms with Gasteiger partial charge in [-0.1, -0.05) is 0 Å². The fourth-order valence-electron chi connectivity index (χ4n) is 1.62. The van der Waals surface area contributed by atoms with Gasteiger partial charge in [0.1, 0.15) is 12.1 Å². The lowest BCUT2D eigenvalue weighted by atomic mass is 10.3. The van der Waals surface area contributed by atoms with Crippen molar-refractivity contribution in [3.05, 3.63) is 34.2 Å². The first kappa shape index (κ1) is 10.8. The monoisotopic (exact) mass is 249 g/mol. The summed E-state index contributed by atoms with van der Waals surface area (Å²) in [5.74, 6) is 0.886. The SMILES string of the molecule is Cc1oc(C2CC2)nc1C(=O)Nn1cn[nH]c1=O. The van der Waals surface area contributed by atoms with Crippen molar-refractivity contribution in [3.8, 4) is 0 Å². The van der Waals surface area contributed by atoms with Crippen molar-refractivity contribution in [2.45, 2.75) is 25.7 Å². The summed E-state index contributed by atoms with van der Waals surface area (Å²) in [6.07, 6.45) is 3.27. The first-order valence-corrected chi connectivity index (χ1v) is 5.56. The molecular formula is C10H11N5O3. The minimum absolute atomic E-state index is 0.199. The Kier molecular flexibility index (Phi) is 2.29. The van der Waals surface area contributed by atoms with Gasteiger partial charge in [-0.3, -0.25) is 10.2 Å². The molecule has 8 nitrogen and oxygen atoms in total. The van der Waals surface area contributed by atoms with Gasteiger partial charge in [0, 0.05) is 5.92 Å². The average Bonchev–Trinajstić information content (AvgIpc) is 3.01. The first-order valence-electron chi connectivity index (χ1n) is 5.56. The Morgan fingerprint density at radius 2 is 2.39 bits per heavy atom.